The van der Waals surface area contributed by atoms with Crippen LogP contribution in [-0.2, 0) is 17.9 Å². The summed E-state index contributed by atoms with van der Waals surface area (Å²) in [5.41, 5.74) is 1.24. The lowest BCUT2D eigenvalue weighted by molar-refractivity contribution is -0.121. The SMILES string of the molecule is O=C(Cn1nc(-c2ccccc2)ccc1=O)NCCn1ccnc1. The molecular weight excluding hydrogens is 306 g/mol. The van der Waals surface area contributed by atoms with Gasteiger partial charge in [0, 0.05) is 37.1 Å². The van der Waals surface area contributed by atoms with Gasteiger partial charge >= 0.3 is 0 Å². The predicted octanol–water partition coefficient (Wildman–Crippen LogP) is 0.923. The van der Waals surface area contributed by atoms with Crippen LogP contribution in [0.3, 0.4) is 0 Å². The summed E-state index contributed by atoms with van der Waals surface area (Å²) < 4.78 is 3.04. The number of hydrogen-bond donors (Lipinski definition) is 1. The van der Waals surface area contributed by atoms with Gasteiger partial charge in [0.05, 0.1) is 12.0 Å². The number of benzene rings is 1. The van der Waals surface area contributed by atoms with Crippen LogP contribution in [0.4, 0.5) is 0 Å². The molecule has 2 aromatic heterocycles. The van der Waals surface area contributed by atoms with E-state index in [9.17, 15) is 9.59 Å². The smallest absolute Gasteiger partial charge is 0.267 e. The van der Waals surface area contributed by atoms with Gasteiger partial charge in [0.1, 0.15) is 6.54 Å². The fraction of sp³-hybridized carbons (Fsp3) is 0.176. The van der Waals surface area contributed by atoms with Gasteiger partial charge in [-0.2, -0.15) is 5.10 Å². The average Bonchev–Trinajstić information content (AvgIpc) is 3.11. The van der Waals surface area contributed by atoms with Gasteiger partial charge in [0.2, 0.25) is 5.91 Å². The number of hydrogen-bond acceptors (Lipinski definition) is 4. The first-order valence-corrected chi connectivity index (χ1v) is 7.58. The monoisotopic (exact) mass is 323 g/mol. The molecule has 0 aliphatic heterocycles. The van der Waals surface area contributed by atoms with Crippen molar-refractivity contribution in [2.75, 3.05) is 6.54 Å². The molecule has 1 N–H and O–H groups in total. The van der Waals surface area contributed by atoms with Crippen LogP contribution < -0.4 is 10.9 Å². The van der Waals surface area contributed by atoms with E-state index in [0.717, 1.165) is 5.56 Å². The molecule has 24 heavy (non-hydrogen) atoms. The van der Waals surface area contributed by atoms with Crippen LogP contribution in [-0.4, -0.2) is 31.8 Å². The van der Waals surface area contributed by atoms with E-state index in [0.29, 0.717) is 18.8 Å². The number of aromatic nitrogens is 4. The number of rotatable bonds is 6. The molecule has 0 aliphatic rings. The molecule has 3 aromatic rings. The maximum atomic E-state index is 12.0. The fourth-order valence-electron chi connectivity index (χ4n) is 2.26. The minimum Gasteiger partial charge on any atom is -0.353 e. The van der Waals surface area contributed by atoms with Gasteiger partial charge < -0.3 is 9.88 Å². The Hall–Kier alpha value is -3.22. The lowest BCUT2D eigenvalue weighted by atomic mass is 10.1. The molecule has 0 fully saturated rings. The van der Waals surface area contributed by atoms with Crippen LogP contribution in [0.2, 0.25) is 0 Å². The van der Waals surface area contributed by atoms with E-state index in [-0.39, 0.29) is 18.0 Å². The Bertz CT molecular complexity index is 856. The second-order valence-corrected chi connectivity index (χ2v) is 5.23. The Kier molecular flexibility index (Phi) is 4.81. The lowest BCUT2D eigenvalue weighted by Gasteiger charge is -2.08. The summed E-state index contributed by atoms with van der Waals surface area (Å²) in [7, 11) is 0. The van der Waals surface area contributed by atoms with Crippen molar-refractivity contribution in [3.63, 3.8) is 0 Å². The predicted molar refractivity (Wildman–Crippen MR) is 89.2 cm³/mol. The van der Waals surface area contributed by atoms with Gasteiger partial charge in [-0.3, -0.25) is 9.59 Å². The average molecular weight is 323 g/mol. The van der Waals surface area contributed by atoms with Crippen molar-refractivity contribution < 1.29 is 4.79 Å². The Morgan fingerprint density at radius 2 is 1.96 bits per heavy atom. The standard InChI is InChI=1S/C17H17N5O2/c23-16(19-9-11-21-10-8-18-13-21)12-22-17(24)7-6-15(20-22)14-4-2-1-3-5-14/h1-8,10,13H,9,11-12H2,(H,19,23). The molecule has 0 atom stereocenters. The van der Waals surface area contributed by atoms with Crippen molar-refractivity contribution in [2.45, 2.75) is 13.1 Å². The van der Waals surface area contributed by atoms with Crippen molar-refractivity contribution >= 4 is 5.91 Å². The van der Waals surface area contributed by atoms with E-state index >= 15 is 0 Å². The highest BCUT2D eigenvalue weighted by Gasteiger charge is 2.07. The van der Waals surface area contributed by atoms with Crippen LogP contribution in [0.5, 0.6) is 0 Å². The van der Waals surface area contributed by atoms with Gasteiger partial charge in [0.25, 0.3) is 5.56 Å². The molecule has 0 aliphatic carbocycles. The van der Waals surface area contributed by atoms with Crippen LogP contribution in [0, 0.1) is 0 Å². The third kappa shape index (κ3) is 3.95. The molecule has 0 radical (unpaired) electrons. The summed E-state index contributed by atoms with van der Waals surface area (Å²) in [6, 6.07) is 12.6. The number of carbonyl (C=O) groups excluding carboxylic acids is 1. The van der Waals surface area contributed by atoms with Crippen LogP contribution in [0.15, 0.2) is 66.0 Å². The highest BCUT2D eigenvalue weighted by molar-refractivity contribution is 5.75. The largest absolute Gasteiger partial charge is 0.353 e. The van der Waals surface area contributed by atoms with Crippen molar-refractivity contribution in [3.05, 3.63) is 71.5 Å². The molecule has 0 saturated carbocycles. The zero-order valence-corrected chi connectivity index (χ0v) is 13.0. The van der Waals surface area contributed by atoms with Crippen molar-refractivity contribution in [3.8, 4) is 11.3 Å². The molecule has 2 heterocycles. The minimum absolute atomic E-state index is 0.108. The van der Waals surface area contributed by atoms with Gasteiger partial charge in [-0.15, -0.1) is 0 Å². The van der Waals surface area contributed by atoms with Gasteiger partial charge in [-0.05, 0) is 6.07 Å². The maximum absolute atomic E-state index is 12.0. The normalized spacial score (nSPS) is 10.5. The van der Waals surface area contributed by atoms with E-state index in [1.807, 2.05) is 41.1 Å². The van der Waals surface area contributed by atoms with Crippen LogP contribution in [0.1, 0.15) is 0 Å². The number of amides is 1. The molecule has 0 saturated heterocycles. The third-order valence-corrected chi connectivity index (χ3v) is 3.48. The molecule has 1 aromatic carbocycles. The van der Waals surface area contributed by atoms with E-state index in [1.165, 1.54) is 10.7 Å². The molecule has 7 nitrogen and oxygen atoms in total. The number of nitrogens with zero attached hydrogens (tertiary/aromatic N) is 4. The summed E-state index contributed by atoms with van der Waals surface area (Å²) in [4.78, 5) is 27.8. The second-order valence-electron chi connectivity index (χ2n) is 5.23. The van der Waals surface area contributed by atoms with E-state index < -0.39 is 0 Å². The van der Waals surface area contributed by atoms with Crippen LogP contribution in [0.25, 0.3) is 11.3 Å². The van der Waals surface area contributed by atoms with Crippen molar-refractivity contribution in [2.24, 2.45) is 0 Å². The maximum Gasteiger partial charge on any atom is 0.267 e. The number of carbonyl (C=O) groups is 1. The Balaban J connectivity index is 1.63. The van der Waals surface area contributed by atoms with E-state index in [2.05, 4.69) is 15.4 Å². The topological polar surface area (TPSA) is 81.8 Å². The Labute approximate surface area is 138 Å². The first kappa shape index (κ1) is 15.7. The van der Waals surface area contributed by atoms with Crippen molar-refractivity contribution in [1.82, 2.24) is 24.6 Å². The van der Waals surface area contributed by atoms with Gasteiger partial charge in [-0.25, -0.2) is 9.67 Å². The highest BCUT2D eigenvalue weighted by atomic mass is 16.2. The Morgan fingerprint density at radius 1 is 1.12 bits per heavy atom. The molecule has 1 amide bonds. The third-order valence-electron chi connectivity index (χ3n) is 3.48. The highest BCUT2D eigenvalue weighted by Crippen LogP contribution is 2.13. The second kappa shape index (κ2) is 7.36. The zero-order chi connectivity index (χ0) is 16.8. The molecule has 3 rings (SSSR count). The lowest BCUT2D eigenvalue weighted by Crippen LogP contribution is -2.34. The molecule has 122 valence electrons. The zero-order valence-electron chi connectivity index (χ0n) is 13.0. The molecule has 0 spiro atoms. The summed E-state index contributed by atoms with van der Waals surface area (Å²) in [6.07, 6.45) is 5.18. The van der Waals surface area contributed by atoms with Crippen LogP contribution >= 0.6 is 0 Å². The van der Waals surface area contributed by atoms with Crippen molar-refractivity contribution in [1.29, 1.82) is 0 Å². The summed E-state index contributed by atoms with van der Waals surface area (Å²) in [6.45, 7) is 0.976. The molecule has 0 bridgehead atoms. The number of imidazole rings is 1. The Morgan fingerprint density at radius 3 is 2.71 bits per heavy atom. The number of nitrogens with one attached hydrogen (secondary N) is 1. The van der Waals surface area contributed by atoms with Gasteiger partial charge in [-0.1, -0.05) is 30.3 Å². The van der Waals surface area contributed by atoms with Gasteiger partial charge in [0.15, 0.2) is 0 Å². The minimum atomic E-state index is -0.306. The summed E-state index contributed by atoms with van der Waals surface area (Å²) >= 11 is 0. The summed E-state index contributed by atoms with van der Waals surface area (Å²) in [5, 5.41) is 7.04. The first-order valence-electron chi connectivity index (χ1n) is 7.58. The summed E-state index contributed by atoms with van der Waals surface area (Å²) in [5.74, 6) is -0.255. The fourth-order valence-corrected chi connectivity index (χ4v) is 2.26. The quantitative estimate of drug-likeness (QED) is 0.731. The van der Waals surface area contributed by atoms with E-state index in [1.54, 1.807) is 18.6 Å². The molecule has 7 heteroatoms. The molecule has 0 unspecified atom stereocenters. The van der Waals surface area contributed by atoms with E-state index in [4.69, 9.17) is 0 Å². The molecular formula is C17H17N5O2. The first-order chi connectivity index (χ1) is 11.7.